The zero-order valence-electron chi connectivity index (χ0n) is 7.98. The highest BCUT2D eigenvalue weighted by Crippen LogP contribution is 2.18. The zero-order chi connectivity index (χ0) is 11.4. The molecule has 4 nitrogen and oxygen atoms in total. The minimum atomic E-state index is -1.13. The summed E-state index contributed by atoms with van der Waals surface area (Å²) in [6, 6.07) is 3.07. The fourth-order valence-electron chi connectivity index (χ4n) is 1.26. The maximum absolute atomic E-state index is 12.5. The molecule has 0 aromatic heterocycles. The fraction of sp³-hybridized carbons (Fsp3) is 0.300. The van der Waals surface area contributed by atoms with Gasteiger partial charge in [-0.25, -0.2) is 4.39 Å². The molecule has 0 fully saturated rings. The van der Waals surface area contributed by atoms with E-state index in [0.29, 0.717) is 5.56 Å². The van der Waals surface area contributed by atoms with Gasteiger partial charge in [0.1, 0.15) is 18.5 Å². The van der Waals surface area contributed by atoms with Crippen LogP contribution in [0.1, 0.15) is 11.1 Å². The van der Waals surface area contributed by atoms with E-state index < -0.39 is 18.7 Å². The first-order valence-corrected chi connectivity index (χ1v) is 4.39. The number of carboxylic acids is 1. The van der Waals surface area contributed by atoms with E-state index in [1.165, 1.54) is 18.2 Å². The van der Waals surface area contributed by atoms with Crippen LogP contribution in [0, 0.1) is 0 Å². The van der Waals surface area contributed by atoms with Gasteiger partial charge in [-0.3, -0.25) is 4.79 Å². The Morgan fingerprint density at radius 1 is 1.47 bits per heavy atom. The second-order valence-corrected chi connectivity index (χ2v) is 3.24. The summed E-state index contributed by atoms with van der Waals surface area (Å²) in [5.74, 6) is -1.18. The molecule has 0 spiro atoms. The van der Waals surface area contributed by atoms with Crippen LogP contribution in [0.5, 0.6) is 5.75 Å². The van der Waals surface area contributed by atoms with Gasteiger partial charge in [-0.15, -0.1) is 0 Å². The van der Waals surface area contributed by atoms with Gasteiger partial charge in [0.25, 0.3) is 0 Å². The Kier molecular flexibility index (Phi) is 3.62. The standard InChI is InChI=1S/C10H12FNO3/c11-5-7-3-8(13)2-1-6(7)4-9(12)10(14)15/h1-3,9,13H,4-5,12H2,(H,14,15). The monoisotopic (exact) mass is 213 g/mol. The Labute approximate surface area is 86.1 Å². The van der Waals surface area contributed by atoms with Crippen molar-refractivity contribution in [3.63, 3.8) is 0 Å². The Morgan fingerprint density at radius 2 is 2.13 bits per heavy atom. The number of carboxylic acid groups (broad SMARTS) is 1. The van der Waals surface area contributed by atoms with Gasteiger partial charge in [-0.2, -0.15) is 0 Å². The van der Waals surface area contributed by atoms with Crippen molar-refractivity contribution < 1.29 is 19.4 Å². The van der Waals surface area contributed by atoms with Crippen molar-refractivity contribution in [1.82, 2.24) is 0 Å². The summed E-state index contributed by atoms with van der Waals surface area (Å²) in [6.45, 7) is -0.754. The molecule has 0 saturated carbocycles. The summed E-state index contributed by atoms with van der Waals surface area (Å²) in [7, 11) is 0. The molecule has 1 aromatic carbocycles. The van der Waals surface area contributed by atoms with Crippen molar-refractivity contribution in [3.05, 3.63) is 29.3 Å². The van der Waals surface area contributed by atoms with E-state index in [2.05, 4.69) is 0 Å². The minimum Gasteiger partial charge on any atom is -0.508 e. The van der Waals surface area contributed by atoms with Crippen molar-refractivity contribution in [3.8, 4) is 5.75 Å². The molecule has 0 saturated heterocycles. The van der Waals surface area contributed by atoms with E-state index in [1.807, 2.05) is 0 Å². The molecular weight excluding hydrogens is 201 g/mol. The number of aromatic hydroxyl groups is 1. The van der Waals surface area contributed by atoms with Crippen molar-refractivity contribution in [2.24, 2.45) is 5.73 Å². The average Bonchev–Trinajstić information content (AvgIpc) is 2.20. The quantitative estimate of drug-likeness (QED) is 0.691. The number of rotatable bonds is 4. The maximum atomic E-state index is 12.5. The van der Waals surface area contributed by atoms with Gasteiger partial charge in [0, 0.05) is 0 Å². The minimum absolute atomic E-state index is 0.0460. The molecule has 0 radical (unpaired) electrons. The first-order chi connectivity index (χ1) is 7.04. The Hall–Kier alpha value is -1.62. The maximum Gasteiger partial charge on any atom is 0.320 e. The molecule has 1 atom stereocenters. The molecule has 5 heteroatoms. The Morgan fingerprint density at radius 3 is 2.67 bits per heavy atom. The summed E-state index contributed by atoms with van der Waals surface area (Å²) in [6.07, 6.45) is 0.0505. The van der Waals surface area contributed by atoms with E-state index in [1.54, 1.807) is 0 Å². The average molecular weight is 213 g/mol. The molecule has 1 aromatic rings. The van der Waals surface area contributed by atoms with Crippen molar-refractivity contribution in [1.29, 1.82) is 0 Å². The summed E-state index contributed by atoms with van der Waals surface area (Å²) >= 11 is 0. The number of benzene rings is 1. The highest BCUT2D eigenvalue weighted by molar-refractivity contribution is 5.73. The number of halogens is 1. The normalized spacial score (nSPS) is 12.4. The number of hydrogen-bond acceptors (Lipinski definition) is 3. The van der Waals surface area contributed by atoms with E-state index in [9.17, 15) is 9.18 Å². The topological polar surface area (TPSA) is 83.5 Å². The van der Waals surface area contributed by atoms with Crippen LogP contribution in [0.2, 0.25) is 0 Å². The third kappa shape index (κ3) is 2.92. The van der Waals surface area contributed by atoms with Crippen molar-refractivity contribution in [2.45, 2.75) is 19.1 Å². The van der Waals surface area contributed by atoms with Crippen molar-refractivity contribution in [2.75, 3.05) is 0 Å². The summed E-state index contributed by atoms with van der Waals surface area (Å²) < 4.78 is 12.5. The second-order valence-electron chi connectivity index (χ2n) is 3.24. The van der Waals surface area contributed by atoms with Crippen molar-refractivity contribution >= 4 is 5.97 Å². The highest BCUT2D eigenvalue weighted by atomic mass is 19.1. The van der Waals surface area contributed by atoms with Gasteiger partial charge in [-0.1, -0.05) is 6.07 Å². The van der Waals surface area contributed by atoms with Gasteiger partial charge < -0.3 is 15.9 Å². The van der Waals surface area contributed by atoms with Gasteiger partial charge in [-0.05, 0) is 29.7 Å². The first kappa shape index (κ1) is 11.5. The van der Waals surface area contributed by atoms with E-state index >= 15 is 0 Å². The molecular formula is C10H12FNO3. The van der Waals surface area contributed by atoms with Crippen LogP contribution >= 0.6 is 0 Å². The first-order valence-electron chi connectivity index (χ1n) is 4.39. The molecule has 0 aliphatic rings. The van der Waals surface area contributed by atoms with E-state index in [0.717, 1.165) is 0 Å². The number of alkyl halides is 1. The molecule has 0 heterocycles. The molecule has 0 bridgehead atoms. The van der Waals surface area contributed by atoms with Gasteiger partial charge in [0.05, 0.1) is 0 Å². The Bertz CT molecular complexity index is 368. The van der Waals surface area contributed by atoms with Gasteiger partial charge in [0.2, 0.25) is 0 Å². The lowest BCUT2D eigenvalue weighted by molar-refractivity contribution is -0.138. The van der Waals surface area contributed by atoms with Crippen LogP contribution in [0.25, 0.3) is 0 Å². The smallest absolute Gasteiger partial charge is 0.320 e. The van der Waals surface area contributed by atoms with E-state index in [-0.39, 0.29) is 17.7 Å². The van der Waals surface area contributed by atoms with Crippen LogP contribution in [-0.2, 0) is 17.9 Å². The lowest BCUT2D eigenvalue weighted by atomic mass is 10.0. The molecule has 0 aliphatic heterocycles. The summed E-state index contributed by atoms with van der Waals surface area (Å²) in [5.41, 5.74) is 6.10. The third-order valence-electron chi connectivity index (χ3n) is 2.09. The van der Waals surface area contributed by atoms with Gasteiger partial charge >= 0.3 is 5.97 Å². The molecule has 0 amide bonds. The molecule has 1 rings (SSSR count). The predicted octanol–water partition coefficient (Wildman–Crippen LogP) is 0.816. The zero-order valence-corrected chi connectivity index (χ0v) is 7.98. The highest BCUT2D eigenvalue weighted by Gasteiger charge is 2.14. The number of hydrogen-bond donors (Lipinski definition) is 3. The molecule has 15 heavy (non-hydrogen) atoms. The number of phenolic OH excluding ortho intramolecular Hbond substituents is 1. The third-order valence-corrected chi connectivity index (χ3v) is 2.09. The number of carbonyl (C=O) groups is 1. The molecule has 0 aliphatic carbocycles. The summed E-state index contributed by atoms with van der Waals surface area (Å²) in [4.78, 5) is 10.5. The molecule has 82 valence electrons. The number of phenols is 1. The van der Waals surface area contributed by atoms with E-state index in [4.69, 9.17) is 15.9 Å². The van der Waals surface area contributed by atoms with Crippen LogP contribution in [0.4, 0.5) is 4.39 Å². The fourth-order valence-corrected chi connectivity index (χ4v) is 1.26. The molecule has 1 unspecified atom stereocenters. The van der Waals surface area contributed by atoms with Crippen LogP contribution in [0.3, 0.4) is 0 Å². The SMILES string of the molecule is NC(Cc1ccc(O)cc1CF)C(=O)O. The summed E-state index contributed by atoms with van der Waals surface area (Å²) in [5, 5.41) is 17.7. The van der Waals surface area contributed by atoms with Crippen LogP contribution in [-0.4, -0.2) is 22.2 Å². The predicted molar refractivity (Wildman–Crippen MR) is 52.2 cm³/mol. The lowest BCUT2D eigenvalue weighted by Gasteiger charge is -2.10. The lowest BCUT2D eigenvalue weighted by Crippen LogP contribution is -2.32. The number of aliphatic carboxylic acids is 1. The molecule has 4 N–H and O–H groups in total. The van der Waals surface area contributed by atoms with Crippen LogP contribution in [0.15, 0.2) is 18.2 Å². The number of nitrogens with two attached hydrogens (primary N) is 1. The Balaban J connectivity index is 2.89. The van der Waals surface area contributed by atoms with Gasteiger partial charge in [0.15, 0.2) is 0 Å². The van der Waals surface area contributed by atoms with Crippen LogP contribution < -0.4 is 5.73 Å². The second kappa shape index (κ2) is 4.75. The largest absolute Gasteiger partial charge is 0.508 e.